The van der Waals surface area contributed by atoms with Crippen LogP contribution >= 0.6 is 0 Å². The van der Waals surface area contributed by atoms with E-state index < -0.39 is 5.97 Å². The molecule has 3 aliphatic heterocycles. The van der Waals surface area contributed by atoms with Crippen molar-refractivity contribution in [2.24, 2.45) is 0 Å². The van der Waals surface area contributed by atoms with Gasteiger partial charge in [0.2, 0.25) is 5.91 Å². The minimum absolute atomic E-state index is 0.0474. The summed E-state index contributed by atoms with van der Waals surface area (Å²) in [7, 11) is 0. The SMILES string of the molecule is O=C(O)CN1C(=O)C2CCCCN2c2ccc(C(=O)N3CCCC3)cc21. The number of anilines is 2. The van der Waals surface area contributed by atoms with Crippen molar-refractivity contribution in [3.8, 4) is 0 Å². The molecule has 2 amide bonds. The Balaban J connectivity index is 1.74. The zero-order chi connectivity index (χ0) is 18.3. The number of benzene rings is 1. The molecule has 26 heavy (non-hydrogen) atoms. The van der Waals surface area contributed by atoms with Crippen LogP contribution in [0.3, 0.4) is 0 Å². The molecule has 4 rings (SSSR count). The van der Waals surface area contributed by atoms with Crippen LogP contribution in [0.1, 0.15) is 42.5 Å². The summed E-state index contributed by atoms with van der Waals surface area (Å²) in [5, 5.41) is 9.27. The average Bonchev–Trinajstić information content (AvgIpc) is 3.18. The Hall–Kier alpha value is -2.57. The number of amides is 2. The van der Waals surface area contributed by atoms with E-state index in [4.69, 9.17) is 0 Å². The van der Waals surface area contributed by atoms with Crippen molar-refractivity contribution in [1.29, 1.82) is 0 Å². The Labute approximate surface area is 152 Å². The number of carbonyl (C=O) groups is 3. The molecule has 1 unspecified atom stereocenters. The van der Waals surface area contributed by atoms with Crippen LogP contribution in [-0.4, -0.2) is 60.0 Å². The second-order valence-corrected chi connectivity index (χ2v) is 7.23. The number of rotatable bonds is 3. The van der Waals surface area contributed by atoms with Crippen LogP contribution < -0.4 is 9.80 Å². The van der Waals surface area contributed by atoms with Gasteiger partial charge < -0.3 is 14.9 Å². The van der Waals surface area contributed by atoms with Crippen molar-refractivity contribution < 1.29 is 19.5 Å². The predicted octanol–water partition coefficient (Wildman–Crippen LogP) is 1.71. The largest absolute Gasteiger partial charge is 0.480 e. The molecule has 3 aliphatic rings. The molecule has 2 fully saturated rings. The number of aliphatic carboxylic acids is 1. The van der Waals surface area contributed by atoms with Crippen LogP contribution in [0.5, 0.6) is 0 Å². The molecule has 0 spiro atoms. The van der Waals surface area contributed by atoms with Gasteiger partial charge in [0, 0.05) is 25.2 Å². The van der Waals surface area contributed by atoms with Gasteiger partial charge >= 0.3 is 5.97 Å². The van der Waals surface area contributed by atoms with Gasteiger partial charge in [0.25, 0.3) is 5.91 Å². The van der Waals surface area contributed by atoms with E-state index in [0.29, 0.717) is 11.3 Å². The number of piperidine rings is 1. The quantitative estimate of drug-likeness (QED) is 0.891. The molecule has 0 aliphatic carbocycles. The molecular formula is C19H23N3O4. The molecule has 7 heteroatoms. The highest BCUT2D eigenvalue weighted by Gasteiger charge is 2.40. The third kappa shape index (κ3) is 2.81. The molecule has 138 valence electrons. The van der Waals surface area contributed by atoms with E-state index in [1.54, 1.807) is 12.1 Å². The average molecular weight is 357 g/mol. The van der Waals surface area contributed by atoms with E-state index in [-0.39, 0.29) is 24.4 Å². The van der Waals surface area contributed by atoms with Gasteiger partial charge in [0.15, 0.2) is 0 Å². The Morgan fingerprint density at radius 1 is 1.04 bits per heavy atom. The number of fused-ring (bicyclic) bond motifs is 3. The topological polar surface area (TPSA) is 81.2 Å². The molecule has 2 saturated heterocycles. The lowest BCUT2D eigenvalue weighted by atomic mass is 9.95. The molecule has 1 N–H and O–H groups in total. The molecule has 0 aromatic heterocycles. The molecule has 3 heterocycles. The summed E-state index contributed by atoms with van der Waals surface area (Å²) in [6.45, 7) is 1.91. The molecule has 1 aromatic carbocycles. The molecular weight excluding hydrogens is 334 g/mol. The zero-order valence-electron chi connectivity index (χ0n) is 14.7. The Morgan fingerprint density at radius 2 is 1.77 bits per heavy atom. The van der Waals surface area contributed by atoms with Crippen LogP contribution in [0.25, 0.3) is 0 Å². The monoisotopic (exact) mass is 357 g/mol. The molecule has 7 nitrogen and oxygen atoms in total. The van der Waals surface area contributed by atoms with E-state index in [2.05, 4.69) is 4.90 Å². The standard InChI is InChI=1S/C19H23N3O4/c23-17(24)12-22-16-11-13(18(25)20-8-3-4-9-20)6-7-14(16)21-10-2-1-5-15(21)19(22)26/h6-7,11,15H,1-5,8-10,12H2,(H,23,24). The van der Waals surface area contributed by atoms with Gasteiger partial charge in [-0.2, -0.15) is 0 Å². The van der Waals surface area contributed by atoms with Gasteiger partial charge in [-0.1, -0.05) is 0 Å². The fourth-order valence-electron chi connectivity index (χ4n) is 4.29. The minimum Gasteiger partial charge on any atom is -0.480 e. The molecule has 0 bridgehead atoms. The molecule has 1 atom stereocenters. The van der Waals surface area contributed by atoms with Crippen molar-refractivity contribution >= 4 is 29.2 Å². The van der Waals surface area contributed by atoms with Crippen molar-refractivity contribution in [3.63, 3.8) is 0 Å². The number of likely N-dealkylation sites (tertiary alicyclic amines) is 1. The molecule has 0 saturated carbocycles. The van der Waals surface area contributed by atoms with E-state index in [1.165, 1.54) is 4.90 Å². The number of hydrogen-bond acceptors (Lipinski definition) is 4. The Kier molecular flexibility index (Phi) is 4.30. The first-order valence-electron chi connectivity index (χ1n) is 9.29. The first-order valence-corrected chi connectivity index (χ1v) is 9.29. The lowest BCUT2D eigenvalue weighted by Crippen LogP contribution is -2.56. The molecule has 0 radical (unpaired) electrons. The lowest BCUT2D eigenvalue weighted by Gasteiger charge is -2.45. The smallest absolute Gasteiger partial charge is 0.323 e. The third-order valence-corrected chi connectivity index (χ3v) is 5.56. The summed E-state index contributed by atoms with van der Waals surface area (Å²) < 4.78 is 0. The predicted molar refractivity (Wildman–Crippen MR) is 96.6 cm³/mol. The van der Waals surface area contributed by atoms with Crippen molar-refractivity contribution in [1.82, 2.24) is 4.90 Å². The van der Waals surface area contributed by atoms with E-state index in [1.807, 2.05) is 11.0 Å². The highest BCUT2D eigenvalue weighted by molar-refractivity contribution is 6.09. The van der Waals surface area contributed by atoms with Gasteiger partial charge in [0.05, 0.1) is 11.4 Å². The highest BCUT2D eigenvalue weighted by atomic mass is 16.4. The Morgan fingerprint density at radius 3 is 2.50 bits per heavy atom. The maximum absolute atomic E-state index is 12.9. The summed E-state index contributed by atoms with van der Waals surface area (Å²) in [6, 6.07) is 5.08. The van der Waals surface area contributed by atoms with Gasteiger partial charge in [-0.25, -0.2) is 0 Å². The summed E-state index contributed by atoms with van der Waals surface area (Å²) in [6.07, 6.45) is 4.74. The van der Waals surface area contributed by atoms with E-state index in [0.717, 1.165) is 57.4 Å². The van der Waals surface area contributed by atoms with Crippen LogP contribution in [0.15, 0.2) is 18.2 Å². The van der Waals surface area contributed by atoms with Crippen molar-refractivity contribution in [2.75, 3.05) is 36.0 Å². The number of carboxylic acids is 1. The lowest BCUT2D eigenvalue weighted by molar-refractivity contribution is -0.137. The van der Waals surface area contributed by atoms with Crippen LogP contribution in [0, 0.1) is 0 Å². The van der Waals surface area contributed by atoms with E-state index >= 15 is 0 Å². The summed E-state index contributed by atoms with van der Waals surface area (Å²) in [5.41, 5.74) is 1.92. The highest BCUT2D eigenvalue weighted by Crippen LogP contribution is 2.40. The van der Waals surface area contributed by atoms with Crippen LogP contribution in [0.4, 0.5) is 11.4 Å². The van der Waals surface area contributed by atoms with Crippen LogP contribution in [0.2, 0.25) is 0 Å². The number of nitrogens with zero attached hydrogens (tertiary/aromatic N) is 3. The fraction of sp³-hybridized carbons (Fsp3) is 0.526. The van der Waals surface area contributed by atoms with Gasteiger partial charge in [-0.15, -0.1) is 0 Å². The van der Waals surface area contributed by atoms with Gasteiger partial charge in [-0.05, 0) is 50.3 Å². The third-order valence-electron chi connectivity index (χ3n) is 5.56. The minimum atomic E-state index is -1.05. The number of carboxylic acid groups (broad SMARTS) is 1. The van der Waals surface area contributed by atoms with Crippen molar-refractivity contribution in [3.05, 3.63) is 23.8 Å². The number of hydrogen-bond donors (Lipinski definition) is 1. The van der Waals surface area contributed by atoms with Crippen LogP contribution in [-0.2, 0) is 9.59 Å². The zero-order valence-corrected chi connectivity index (χ0v) is 14.7. The van der Waals surface area contributed by atoms with Crippen molar-refractivity contribution in [2.45, 2.75) is 38.1 Å². The first-order chi connectivity index (χ1) is 12.6. The first kappa shape index (κ1) is 16.9. The summed E-state index contributed by atoms with van der Waals surface area (Å²) >= 11 is 0. The normalized spacial score (nSPS) is 22.2. The maximum atomic E-state index is 12.9. The second-order valence-electron chi connectivity index (χ2n) is 7.23. The maximum Gasteiger partial charge on any atom is 0.323 e. The number of carbonyl (C=O) groups excluding carboxylic acids is 2. The fourth-order valence-corrected chi connectivity index (χ4v) is 4.29. The van der Waals surface area contributed by atoms with E-state index in [9.17, 15) is 19.5 Å². The second kappa shape index (κ2) is 6.63. The van der Waals surface area contributed by atoms with Gasteiger partial charge in [-0.3, -0.25) is 19.3 Å². The summed E-state index contributed by atoms with van der Waals surface area (Å²) in [5.74, 6) is -1.27. The summed E-state index contributed by atoms with van der Waals surface area (Å²) in [4.78, 5) is 42.2. The van der Waals surface area contributed by atoms with Gasteiger partial charge in [0.1, 0.15) is 12.6 Å². The Bertz CT molecular complexity index is 757. The molecule has 1 aromatic rings.